The van der Waals surface area contributed by atoms with Crippen LogP contribution in [0.1, 0.15) is 37.8 Å². The Balaban J connectivity index is 2.82. The number of carbonyl (C=O) groups is 1. The van der Waals surface area contributed by atoms with E-state index in [0.29, 0.717) is 0 Å². The molecule has 2 nitrogen and oxygen atoms in total. The fourth-order valence-electron chi connectivity index (χ4n) is 1.56. The van der Waals surface area contributed by atoms with Gasteiger partial charge >= 0.3 is 5.97 Å². The number of rotatable bonds is 4. The van der Waals surface area contributed by atoms with Crippen LogP contribution in [0.2, 0.25) is 0 Å². The van der Waals surface area contributed by atoms with Crippen LogP contribution in [0.4, 0.5) is 0 Å². The van der Waals surface area contributed by atoms with Crippen LogP contribution in [-0.2, 0) is 11.2 Å². The summed E-state index contributed by atoms with van der Waals surface area (Å²) in [7, 11) is 0. The molecule has 0 fully saturated rings. The van der Waals surface area contributed by atoms with Crippen LogP contribution >= 0.6 is 0 Å². The fourth-order valence-corrected chi connectivity index (χ4v) is 1.56. The standard InChI is InChI=1S/C13H18O2/c1-4-11-5-7-12(8-6-11)9(2)10(3)13(14)15/h5-10H,4H2,1-3H3,(H,14,15). The Morgan fingerprint density at radius 3 is 2.20 bits per heavy atom. The minimum atomic E-state index is -0.734. The Morgan fingerprint density at radius 1 is 1.27 bits per heavy atom. The van der Waals surface area contributed by atoms with E-state index in [1.165, 1.54) is 5.56 Å². The SMILES string of the molecule is CCc1ccc(C(C)C(C)C(=O)O)cc1. The molecule has 1 aromatic carbocycles. The van der Waals surface area contributed by atoms with E-state index >= 15 is 0 Å². The zero-order valence-electron chi connectivity index (χ0n) is 9.53. The lowest BCUT2D eigenvalue weighted by molar-refractivity contribution is -0.141. The number of aliphatic carboxylic acids is 1. The first-order valence-electron chi connectivity index (χ1n) is 5.38. The summed E-state index contributed by atoms with van der Waals surface area (Å²) < 4.78 is 0. The van der Waals surface area contributed by atoms with Gasteiger partial charge in [0.1, 0.15) is 0 Å². The molecule has 0 radical (unpaired) electrons. The van der Waals surface area contributed by atoms with Gasteiger partial charge in [-0.15, -0.1) is 0 Å². The van der Waals surface area contributed by atoms with Gasteiger partial charge in [-0.3, -0.25) is 4.79 Å². The molecule has 0 aliphatic carbocycles. The van der Waals surface area contributed by atoms with Gasteiger partial charge in [0, 0.05) is 0 Å². The first-order chi connectivity index (χ1) is 7.06. The largest absolute Gasteiger partial charge is 0.481 e. The minimum absolute atomic E-state index is 0.0633. The van der Waals surface area contributed by atoms with Gasteiger partial charge in [0.25, 0.3) is 0 Å². The van der Waals surface area contributed by atoms with Gasteiger partial charge in [-0.1, -0.05) is 45.0 Å². The first kappa shape index (κ1) is 11.8. The normalized spacial score (nSPS) is 14.6. The topological polar surface area (TPSA) is 37.3 Å². The molecular weight excluding hydrogens is 188 g/mol. The predicted molar refractivity (Wildman–Crippen MR) is 61.0 cm³/mol. The Kier molecular flexibility index (Phi) is 3.89. The molecule has 15 heavy (non-hydrogen) atoms. The Morgan fingerprint density at radius 2 is 1.80 bits per heavy atom. The number of carboxylic acids is 1. The zero-order valence-corrected chi connectivity index (χ0v) is 9.53. The van der Waals surface area contributed by atoms with E-state index in [4.69, 9.17) is 5.11 Å². The molecule has 0 aromatic heterocycles. The van der Waals surface area contributed by atoms with Gasteiger partial charge in [0.05, 0.1) is 5.92 Å². The fraction of sp³-hybridized carbons (Fsp3) is 0.462. The molecule has 0 aliphatic heterocycles. The molecule has 82 valence electrons. The van der Waals surface area contributed by atoms with Crippen molar-refractivity contribution in [2.45, 2.75) is 33.1 Å². The van der Waals surface area contributed by atoms with E-state index in [1.54, 1.807) is 6.92 Å². The predicted octanol–water partition coefficient (Wildman–Crippen LogP) is 3.07. The molecule has 0 bridgehead atoms. The van der Waals surface area contributed by atoms with Crippen molar-refractivity contribution in [2.75, 3.05) is 0 Å². The van der Waals surface area contributed by atoms with Crippen LogP contribution in [0.25, 0.3) is 0 Å². The molecule has 1 aromatic rings. The van der Waals surface area contributed by atoms with Crippen molar-refractivity contribution in [3.05, 3.63) is 35.4 Å². The van der Waals surface area contributed by atoms with Gasteiger partial charge in [-0.2, -0.15) is 0 Å². The van der Waals surface area contributed by atoms with Crippen molar-refractivity contribution in [3.63, 3.8) is 0 Å². The summed E-state index contributed by atoms with van der Waals surface area (Å²) in [5.41, 5.74) is 2.39. The molecule has 0 saturated carbocycles. The van der Waals surface area contributed by atoms with E-state index in [9.17, 15) is 4.79 Å². The van der Waals surface area contributed by atoms with Gasteiger partial charge in [0.2, 0.25) is 0 Å². The molecule has 0 aliphatic rings. The molecule has 0 saturated heterocycles. The molecular formula is C13H18O2. The highest BCUT2D eigenvalue weighted by Gasteiger charge is 2.20. The Hall–Kier alpha value is -1.31. The van der Waals surface area contributed by atoms with Gasteiger partial charge < -0.3 is 5.11 Å². The van der Waals surface area contributed by atoms with Crippen molar-refractivity contribution in [1.82, 2.24) is 0 Å². The molecule has 1 rings (SSSR count). The lowest BCUT2D eigenvalue weighted by Gasteiger charge is -2.16. The maximum atomic E-state index is 10.8. The smallest absolute Gasteiger partial charge is 0.306 e. The summed E-state index contributed by atoms with van der Waals surface area (Å²) >= 11 is 0. The molecule has 2 unspecified atom stereocenters. The lowest BCUT2D eigenvalue weighted by Crippen LogP contribution is -2.16. The third-order valence-corrected chi connectivity index (χ3v) is 3.05. The third kappa shape index (κ3) is 2.82. The number of aryl methyl sites for hydroxylation is 1. The van der Waals surface area contributed by atoms with Crippen molar-refractivity contribution in [3.8, 4) is 0 Å². The zero-order chi connectivity index (χ0) is 11.4. The molecule has 0 spiro atoms. The van der Waals surface area contributed by atoms with E-state index in [0.717, 1.165) is 12.0 Å². The minimum Gasteiger partial charge on any atom is -0.481 e. The van der Waals surface area contributed by atoms with Crippen LogP contribution in [0.3, 0.4) is 0 Å². The van der Waals surface area contributed by atoms with Gasteiger partial charge in [0.15, 0.2) is 0 Å². The van der Waals surface area contributed by atoms with Gasteiger partial charge in [-0.25, -0.2) is 0 Å². The van der Waals surface area contributed by atoms with Gasteiger partial charge in [-0.05, 0) is 23.5 Å². The molecule has 0 heterocycles. The highest BCUT2D eigenvalue weighted by Crippen LogP contribution is 2.24. The Bertz CT molecular complexity index is 327. The highest BCUT2D eigenvalue weighted by atomic mass is 16.4. The number of hydrogen-bond acceptors (Lipinski definition) is 1. The van der Waals surface area contributed by atoms with E-state index in [1.807, 2.05) is 19.1 Å². The van der Waals surface area contributed by atoms with Crippen LogP contribution in [0, 0.1) is 5.92 Å². The second kappa shape index (κ2) is 4.96. The second-order valence-corrected chi connectivity index (χ2v) is 4.01. The maximum absolute atomic E-state index is 10.8. The summed E-state index contributed by atoms with van der Waals surface area (Å²) in [4.78, 5) is 10.8. The molecule has 2 heteroatoms. The summed E-state index contributed by atoms with van der Waals surface area (Å²) in [5, 5.41) is 8.91. The van der Waals surface area contributed by atoms with Crippen LogP contribution < -0.4 is 0 Å². The van der Waals surface area contributed by atoms with Crippen molar-refractivity contribution in [1.29, 1.82) is 0 Å². The lowest BCUT2D eigenvalue weighted by atomic mass is 9.88. The van der Waals surface area contributed by atoms with Crippen LogP contribution in [-0.4, -0.2) is 11.1 Å². The average molecular weight is 206 g/mol. The average Bonchev–Trinajstić information content (AvgIpc) is 2.27. The third-order valence-electron chi connectivity index (χ3n) is 3.05. The first-order valence-corrected chi connectivity index (χ1v) is 5.38. The van der Waals surface area contributed by atoms with Crippen molar-refractivity contribution >= 4 is 5.97 Å². The maximum Gasteiger partial charge on any atom is 0.306 e. The van der Waals surface area contributed by atoms with E-state index in [-0.39, 0.29) is 11.8 Å². The molecule has 1 N–H and O–H groups in total. The van der Waals surface area contributed by atoms with E-state index < -0.39 is 5.97 Å². The number of carboxylic acid groups (broad SMARTS) is 1. The summed E-state index contributed by atoms with van der Waals surface area (Å²) in [5.74, 6) is -1.01. The summed E-state index contributed by atoms with van der Waals surface area (Å²) in [6.45, 7) is 5.82. The van der Waals surface area contributed by atoms with E-state index in [2.05, 4.69) is 19.1 Å². The second-order valence-electron chi connectivity index (χ2n) is 4.01. The van der Waals surface area contributed by atoms with Crippen LogP contribution in [0.5, 0.6) is 0 Å². The Labute approximate surface area is 90.9 Å². The monoisotopic (exact) mass is 206 g/mol. The molecule has 0 amide bonds. The molecule has 2 atom stereocenters. The highest BCUT2D eigenvalue weighted by molar-refractivity contribution is 5.70. The van der Waals surface area contributed by atoms with Crippen molar-refractivity contribution < 1.29 is 9.90 Å². The van der Waals surface area contributed by atoms with Crippen LogP contribution in [0.15, 0.2) is 24.3 Å². The van der Waals surface area contributed by atoms with Crippen molar-refractivity contribution in [2.24, 2.45) is 5.92 Å². The summed E-state index contributed by atoms with van der Waals surface area (Å²) in [6, 6.07) is 8.20. The number of hydrogen-bond donors (Lipinski definition) is 1. The quantitative estimate of drug-likeness (QED) is 0.822. The number of benzene rings is 1. The summed E-state index contributed by atoms with van der Waals surface area (Å²) in [6.07, 6.45) is 1.02.